The molecule has 146 valence electrons. The lowest BCUT2D eigenvalue weighted by Crippen LogP contribution is -2.24. The van der Waals surface area contributed by atoms with Gasteiger partial charge in [-0.3, -0.25) is 19.7 Å². The van der Waals surface area contributed by atoms with Crippen molar-refractivity contribution in [2.45, 2.75) is 32.8 Å². The van der Waals surface area contributed by atoms with Gasteiger partial charge in [0.25, 0.3) is 5.69 Å². The normalized spacial score (nSPS) is 11.4. The minimum atomic E-state index is -1.13. The molecule has 2 rings (SSSR count). The highest BCUT2D eigenvalue weighted by Gasteiger charge is 2.25. The second kappa shape index (κ2) is 9.40. The summed E-state index contributed by atoms with van der Waals surface area (Å²) in [5, 5.41) is 13.7. The predicted molar refractivity (Wildman–Crippen MR) is 102 cm³/mol. The van der Waals surface area contributed by atoms with Crippen molar-refractivity contribution in [3.05, 3.63) is 69.8 Å². The van der Waals surface area contributed by atoms with Gasteiger partial charge in [-0.2, -0.15) is 0 Å². The van der Waals surface area contributed by atoms with Gasteiger partial charge in [0.05, 0.1) is 4.92 Å². The molecule has 2 aromatic carbocycles. The number of carbonyl (C=O) groups is 3. The van der Waals surface area contributed by atoms with Crippen molar-refractivity contribution in [1.82, 2.24) is 0 Å². The van der Waals surface area contributed by atoms with Crippen molar-refractivity contribution >= 4 is 29.0 Å². The van der Waals surface area contributed by atoms with Gasteiger partial charge in [0.15, 0.2) is 6.10 Å². The van der Waals surface area contributed by atoms with E-state index in [1.807, 2.05) is 6.92 Å². The molecule has 0 aliphatic rings. The zero-order valence-corrected chi connectivity index (χ0v) is 15.5. The summed E-state index contributed by atoms with van der Waals surface area (Å²) in [4.78, 5) is 46.6. The Morgan fingerprint density at radius 3 is 2.36 bits per heavy atom. The fourth-order valence-electron chi connectivity index (χ4n) is 2.49. The molecule has 0 aromatic heterocycles. The van der Waals surface area contributed by atoms with Gasteiger partial charge < -0.3 is 10.1 Å². The molecule has 0 radical (unpaired) electrons. The van der Waals surface area contributed by atoms with E-state index >= 15 is 0 Å². The van der Waals surface area contributed by atoms with Crippen LogP contribution in [-0.2, 0) is 9.53 Å². The number of hydrogen-bond donors (Lipinski definition) is 1. The maximum atomic E-state index is 12.5. The van der Waals surface area contributed by atoms with Gasteiger partial charge >= 0.3 is 5.97 Å². The number of ketones is 1. The van der Waals surface area contributed by atoms with Crippen LogP contribution in [0.2, 0.25) is 0 Å². The van der Waals surface area contributed by atoms with E-state index in [1.165, 1.54) is 43.3 Å². The van der Waals surface area contributed by atoms with E-state index in [-0.39, 0.29) is 22.7 Å². The monoisotopic (exact) mass is 384 g/mol. The predicted octanol–water partition coefficient (Wildman–Crippen LogP) is 3.76. The molecule has 8 nitrogen and oxygen atoms in total. The van der Waals surface area contributed by atoms with Crippen LogP contribution in [0.3, 0.4) is 0 Å². The van der Waals surface area contributed by atoms with E-state index < -0.39 is 22.8 Å². The first-order chi connectivity index (χ1) is 13.3. The van der Waals surface area contributed by atoms with Crippen LogP contribution in [0.4, 0.5) is 11.4 Å². The number of rotatable bonds is 8. The number of nitrogens with zero attached hydrogens (tertiary/aromatic N) is 1. The van der Waals surface area contributed by atoms with Crippen molar-refractivity contribution in [3.63, 3.8) is 0 Å². The summed E-state index contributed by atoms with van der Waals surface area (Å²) in [6.45, 7) is 3.29. The highest BCUT2D eigenvalue weighted by Crippen LogP contribution is 2.20. The second-order valence-electron chi connectivity index (χ2n) is 6.06. The van der Waals surface area contributed by atoms with Gasteiger partial charge in [-0.15, -0.1) is 0 Å². The molecule has 1 amide bonds. The van der Waals surface area contributed by atoms with Crippen molar-refractivity contribution in [2.75, 3.05) is 5.32 Å². The quantitative estimate of drug-likeness (QED) is 0.321. The van der Waals surface area contributed by atoms with E-state index in [4.69, 9.17) is 4.74 Å². The van der Waals surface area contributed by atoms with Crippen molar-refractivity contribution in [2.24, 2.45) is 0 Å². The lowest BCUT2D eigenvalue weighted by Gasteiger charge is -2.13. The molecule has 8 heteroatoms. The SMILES string of the molecule is CCCC(=O)Nc1ccc(C(=O)C(C)OC(=O)c2ccccc2[N+](=O)[O-])cc1. The molecule has 0 spiro atoms. The molecule has 0 bridgehead atoms. The first kappa shape index (κ1) is 20.8. The standard InChI is InChI=1S/C20H20N2O6/c1-3-6-18(23)21-15-11-9-14(10-12-15)19(24)13(2)28-20(25)16-7-4-5-8-17(16)22(26)27/h4-5,7-13H,3,6H2,1-2H3,(H,21,23). The molecular formula is C20H20N2O6. The summed E-state index contributed by atoms with van der Waals surface area (Å²) in [6, 6.07) is 11.6. The second-order valence-corrected chi connectivity index (χ2v) is 6.06. The number of ether oxygens (including phenoxy) is 1. The van der Waals surface area contributed by atoms with Crippen LogP contribution < -0.4 is 5.32 Å². The number of Topliss-reactive ketones (excluding diaryl/α,β-unsaturated/α-hetero) is 1. The molecule has 0 aliphatic carbocycles. The Balaban J connectivity index is 2.05. The zero-order valence-electron chi connectivity index (χ0n) is 15.5. The van der Waals surface area contributed by atoms with Crippen LogP contribution in [0.25, 0.3) is 0 Å². The van der Waals surface area contributed by atoms with Crippen LogP contribution in [0, 0.1) is 10.1 Å². The molecule has 1 atom stereocenters. The van der Waals surface area contributed by atoms with Crippen molar-refractivity contribution < 1.29 is 24.0 Å². The highest BCUT2D eigenvalue weighted by atomic mass is 16.6. The third-order valence-corrected chi connectivity index (χ3v) is 3.90. The minimum absolute atomic E-state index is 0.117. The summed E-state index contributed by atoms with van der Waals surface area (Å²) < 4.78 is 5.11. The molecular weight excluding hydrogens is 364 g/mol. The molecule has 1 unspecified atom stereocenters. The molecule has 0 aliphatic heterocycles. The first-order valence-electron chi connectivity index (χ1n) is 8.72. The first-order valence-corrected chi connectivity index (χ1v) is 8.72. The van der Waals surface area contributed by atoms with E-state index in [0.29, 0.717) is 12.1 Å². The third kappa shape index (κ3) is 5.23. The average molecular weight is 384 g/mol. The topological polar surface area (TPSA) is 116 Å². The number of esters is 1. The molecule has 2 aromatic rings. The van der Waals surface area contributed by atoms with Gasteiger partial charge in [-0.25, -0.2) is 4.79 Å². The highest BCUT2D eigenvalue weighted by molar-refractivity contribution is 6.02. The Labute approximate surface area is 161 Å². The van der Waals surface area contributed by atoms with E-state index in [2.05, 4.69) is 5.32 Å². The Morgan fingerprint density at radius 2 is 1.75 bits per heavy atom. The smallest absolute Gasteiger partial charge is 0.345 e. The largest absolute Gasteiger partial charge is 0.450 e. The van der Waals surface area contributed by atoms with Gasteiger partial charge in [-0.1, -0.05) is 19.1 Å². The summed E-state index contributed by atoms with van der Waals surface area (Å²) in [5.74, 6) is -1.52. The van der Waals surface area contributed by atoms with Crippen LogP contribution in [0.15, 0.2) is 48.5 Å². The summed E-state index contributed by atoms with van der Waals surface area (Å²) in [6.07, 6.45) is -0.00251. The van der Waals surface area contributed by atoms with Gasteiger partial charge in [0.2, 0.25) is 11.7 Å². The maximum Gasteiger partial charge on any atom is 0.345 e. The molecule has 0 heterocycles. The number of nitrogens with one attached hydrogen (secondary N) is 1. The fourth-order valence-corrected chi connectivity index (χ4v) is 2.49. The number of para-hydroxylation sites is 1. The van der Waals surface area contributed by atoms with Crippen molar-refractivity contribution in [3.8, 4) is 0 Å². The molecule has 0 saturated carbocycles. The Bertz CT molecular complexity index is 892. The lowest BCUT2D eigenvalue weighted by atomic mass is 10.1. The Kier molecular flexibility index (Phi) is 6.97. The third-order valence-electron chi connectivity index (χ3n) is 3.90. The Hall–Kier alpha value is -3.55. The van der Waals surface area contributed by atoms with Crippen LogP contribution in [0.5, 0.6) is 0 Å². The van der Waals surface area contributed by atoms with E-state index in [1.54, 1.807) is 12.1 Å². The number of anilines is 1. The number of benzene rings is 2. The number of amides is 1. The summed E-state index contributed by atoms with van der Waals surface area (Å²) in [5.41, 5.74) is 0.233. The number of hydrogen-bond acceptors (Lipinski definition) is 6. The summed E-state index contributed by atoms with van der Waals surface area (Å²) >= 11 is 0. The van der Waals surface area contributed by atoms with Gasteiger partial charge in [-0.05, 0) is 43.7 Å². The van der Waals surface area contributed by atoms with Gasteiger partial charge in [0, 0.05) is 23.7 Å². The molecule has 1 N–H and O–H groups in total. The minimum Gasteiger partial charge on any atom is -0.450 e. The number of nitro groups is 1. The fraction of sp³-hybridized carbons (Fsp3) is 0.250. The van der Waals surface area contributed by atoms with Gasteiger partial charge in [0.1, 0.15) is 5.56 Å². The van der Waals surface area contributed by atoms with E-state index in [0.717, 1.165) is 6.42 Å². The van der Waals surface area contributed by atoms with Crippen LogP contribution >= 0.6 is 0 Å². The summed E-state index contributed by atoms with van der Waals surface area (Å²) in [7, 11) is 0. The lowest BCUT2D eigenvalue weighted by molar-refractivity contribution is -0.385. The Morgan fingerprint density at radius 1 is 1.11 bits per heavy atom. The molecule has 28 heavy (non-hydrogen) atoms. The number of carbonyl (C=O) groups excluding carboxylic acids is 3. The molecule has 0 fully saturated rings. The van der Waals surface area contributed by atoms with E-state index in [9.17, 15) is 24.5 Å². The van der Waals surface area contributed by atoms with Crippen LogP contribution in [-0.4, -0.2) is 28.7 Å². The average Bonchev–Trinajstić information content (AvgIpc) is 2.68. The maximum absolute atomic E-state index is 12.5. The van der Waals surface area contributed by atoms with Crippen LogP contribution in [0.1, 0.15) is 47.4 Å². The number of nitro benzene ring substituents is 1. The van der Waals surface area contributed by atoms with Crippen molar-refractivity contribution in [1.29, 1.82) is 0 Å². The zero-order chi connectivity index (χ0) is 20.7. The molecule has 0 saturated heterocycles.